The van der Waals surface area contributed by atoms with Gasteiger partial charge in [-0.3, -0.25) is 14.8 Å². The van der Waals surface area contributed by atoms with Crippen molar-refractivity contribution in [1.82, 2.24) is 29.9 Å². The maximum absolute atomic E-state index is 17.7. The van der Waals surface area contributed by atoms with Gasteiger partial charge in [-0.05, 0) is 182 Å². The zero-order chi connectivity index (χ0) is 82.1. The first-order chi connectivity index (χ1) is 54.6. The van der Waals surface area contributed by atoms with Gasteiger partial charge in [0.1, 0.15) is 11.5 Å². The minimum atomic E-state index is -4.62. The fraction of sp³-hybridized carbons (Fsp3) is 0.500. The molecular weight excluding hydrogens is 1510 g/mol. The molecule has 4 unspecified atom stereocenters. The minimum Gasteiger partial charge on any atom is -0.497 e. The molecule has 4 aromatic heterocycles. The van der Waals surface area contributed by atoms with Crippen LogP contribution in [0.15, 0.2) is 122 Å². The lowest BCUT2D eigenvalue weighted by Gasteiger charge is -2.42. The van der Waals surface area contributed by atoms with Crippen LogP contribution < -0.4 is 19.3 Å². The Labute approximate surface area is 661 Å². The molecule has 4 fully saturated rings. The summed E-state index contributed by atoms with van der Waals surface area (Å²) < 4.78 is 201. The van der Waals surface area contributed by atoms with Crippen LogP contribution in [0.3, 0.4) is 0 Å². The topological polar surface area (TPSA) is 175 Å². The van der Waals surface area contributed by atoms with Crippen LogP contribution in [0.2, 0.25) is 0 Å². The van der Waals surface area contributed by atoms with Gasteiger partial charge in [-0.1, -0.05) is 83.1 Å². The molecule has 8 aromatic rings. The Balaban J connectivity index is 0.000000200. The van der Waals surface area contributed by atoms with Crippen molar-refractivity contribution in [3.63, 3.8) is 0 Å². The summed E-state index contributed by atoms with van der Waals surface area (Å²) in [6, 6.07) is 23.1. The van der Waals surface area contributed by atoms with E-state index in [2.05, 4.69) is 47.6 Å². The summed E-state index contributed by atoms with van der Waals surface area (Å²) in [5.74, 6) is -6.15. The average molecular weight is 1610 g/mol. The van der Waals surface area contributed by atoms with E-state index < -0.39 is 77.7 Å². The molecule has 4 atom stereocenters. The molecule has 0 radical (unpaired) electrons. The summed E-state index contributed by atoms with van der Waals surface area (Å²) in [7, 11) is 3.17. The van der Waals surface area contributed by atoms with E-state index >= 15 is 8.78 Å². The summed E-state index contributed by atoms with van der Waals surface area (Å²) >= 11 is 0. The molecule has 614 valence electrons. The highest BCUT2D eigenvalue weighted by Crippen LogP contribution is 2.57. The number of rotatable bonds is 21. The molecular formula is C88H96F12N8O7. The van der Waals surface area contributed by atoms with Gasteiger partial charge < -0.3 is 33.9 Å². The number of piperidine rings is 2. The number of alkyl halides is 12. The minimum absolute atomic E-state index is 0.0181. The van der Waals surface area contributed by atoms with E-state index in [9.17, 15) is 58.6 Å². The van der Waals surface area contributed by atoms with Crippen molar-refractivity contribution < 1.29 is 86.3 Å². The van der Waals surface area contributed by atoms with Crippen LogP contribution in [0.25, 0.3) is 0 Å². The maximum Gasteiger partial charge on any atom is 0.416 e. The molecule has 27 heteroatoms. The number of hydrogen-bond donors (Lipinski definition) is 1. The molecule has 115 heavy (non-hydrogen) atoms. The number of fused-ring (bicyclic) bond motifs is 2. The number of aromatic nitrogens is 6. The van der Waals surface area contributed by atoms with Crippen LogP contribution in [-0.4, -0.2) is 99.0 Å². The molecule has 0 bridgehead atoms. The second kappa shape index (κ2) is 34.1. The number of halogens is 12. The predicted octanol–water partition coefficient (Wildman–Crippen LogP) is 22.0. The molecule has 6 heterocycles. The lowest BCUT2D eigenvalue weighted by atomic mass is 9.68. The number of hydrogen-bond acceptors (Lipinski definition) is 14. The van der Waals surface area contributed by atoms with Crippen LogP contribution in [0.5, 0.6) is 11.5 Å². The van der Waals surface area contributed by atoms with Crippen LogP contribution >= 0.6 is 0 Å². The van der Waals surface area contributed by atoms with Crippen molar-refractivity contribution in [2.24, 2.45) is 10.8 Å². The summed E-state index contributed by atoms with van der Waals surface area (Å²) in [5.41, 5.74) is 5.52. The number of pyridine rings is 2. The highest BCUT2D eigenvalue weighted by atomic mass is 19.4. The summed E-state index contributed by atoms with van der Waals surface area (Å²) in [5, 5.41) is 9.29. The van der Waals surface area contributed by atoms with Crippen molar-refractivity contribution in [3.05, 3.63) is 223 Å². The molecule has 15 nitrogen and oxygen atoms in total. The normalized spacial score (nSPS) is 20.4. The third kappa shape index (κ3) is 19.4. The van der Waals surface area contributed by atoms with Crippen molar-refractivity contribution >= 4 is 23.6 Å². The number of ketones is 1. The Morgan fingerprint density at radius 1 is 0.487 bits per heavy atom. The molecule has 4 aromatic carbocycles. The second-order valence-electron chi connectivity index (χ2n) is 33.1. The number of carboxylic acid groups (broad SMARTS) is 1. The summed E-state index contributed by atoms with van der Waals surface area (Å²) in [4.78, 5) is 55.5. The van der Waals surface area contributed by atoms with E-state index in [4.69, 9.17) is 28.9 Å². The van der Waals surface area contributed by atoms with Gasteiger partial charge in [-0.15, -0.1) is 0 Å². The molecule has 2 aliphatic heterocycles. The smallest absolute Gasteiger partial charge is 0.416 e. The standard InChI is InChI=1S/C45H50F6N4O3.C43H46F6N4O4/c1-5-35(56)31-24-52-42(53-25-31)55-20-16-30(17-21-55)41-39(40(46)29-8-10-32(11-9-29)45(49,50)51)37(28-14-18-44(47,48)19-15-28)38-34(54-41)22-43(2,3)23-36(38)58-26-27-6-12-33(57-4)13-7-27;1-41(2)20-32-35(33(21-41)57-24-25-4-10-31(56-3)11-5-25)34(26-12-16-42(45,46)17-13-26)36(37(44)27-6-8-30(9-7-27)43(47,48)49)38(52-32)28-14-18-53(19-15-28)40-50-22-29(23-51-40)39(54)55/h6-13,24-25,28,30,36,40H,5,14-23,26H2,1-4H3;4-11,22-23,26,28,33,37H,12-21,24H2,1-3H3,(H,54,55). The monoisotopic (exact) mass is 1600 g/mol. The number of carboxylic acids is 1. The van der Waals surface area contributed by atoms with E-state index in [0.29, 0.717) is 141 Å². The fourth-order valence-electron chi connectivity index (χ4n) is 17.6. The predicted molar refractivity (Wildman–Crippen MR) is 409 cm³/mol. The summed E-state index contributed by atoms with van der Waals surface area (Å²) in [6.45, 7) is 12.6. The number of benzene rings is 4. The van der Waals surface area contributed by atoms with E-state index in [1.165, 1.54) is 36.9 Å². The number of Topliss-reactive ketones (excluding diaryl/α,β-unsaturated/α-hetero) is 1. The third-order valence-electron chi connectivity index (χ3n) is 23.8. The van der Waals surface area contributed by atoms with Crippen LogP contribution in [0.1, 0.15) is 289 Å². The second-order valence-corrected chi connectivity index (χ2v) is 33.1. The number of ether oxygens (including phenoxy) is 4. The molecule has 1 N–H and O–H groups in total. The number of anilines is 2. The van der Waals surface area contributed by atoms with Gasteiger partial charge in [0.2, 0.25) is 23.7 Å². The van der Waals surface area contributed by atoms with Gasteiger partial charge in [0.25, 0.3) is 0 Å². The zero-order valence-corrected chi connectivity index (χ0v) is 65.4. The number of carbonyl (C=O) groups excluding carboxylic acids is 1. The number of aromatic carboxylic acids is 1. The van der Waals surface area contributed by atoms with Gasteiger partial charge in [-0.25, -0.2) is 51.1 Å². The Kier molecular flexibility index (Phi) is 24.8. The van der Waals surface area contributed by atoms with Gasteiger partial charge in [0.15, 0.2) is 18.1 Å². The molecule has 2 saturated heterocycles. The Morgan fingerprint density at radius 3 is 1.14 bits per heavy atom. The Hall–Kier alpha value is -9.24. The van der Waals surface area contributed by atoms with Crippen molar-refractivity contribution in [3.8, 4) is 11.5 Å². The largest absolute Gasteiger partial charge is 0.497 e. The molecule has 0 amide bonds. The van der Waals surface area contributed by atoms with Crippen molar-refractivity contribution in [2.45, 2.75) is 229 Å². The maximum atomic E-state index is 17.7. The molecule has 14 rings (SSSR count). The highest BCUT2D eigenvalue weighted by molar-refractivity contribution is 5.95. The molecule has 4 aliphatic carbocycles. The van der Waals surface area contributed by atoms with Gasteiger partial charge in [0, 0.05) is 129 Å². The first kappa shape index (κ1) is 83.7. The van der Waals surface area contributed by atoms with Crippen LogP contribution in [0.4, 0.5) is 64.6 Å². The first-order valence-corrected chi connectivity index (χ1v) is 39.5. The number of methoxy groups -OCH3 is 2. The number of nitrogens with zero attached hydrogens (tertiary/aromatic N) is 8. The lowest BCUT2D eigenvalue weighted by Crippen LogP contribution is -2.36. The summed E-state index contributed by atoms with van der Waals surface area (Å²) in [6.07, 6.45) is -4.95. The van der Waals surface area contributed by atoms with E-state index in [1.54, 1.807) is 21.1 Å². The van der Waals surface area contributed by atoms with Gasteiger partial charge >= 0.3 is 18.3 Å². The SMILES string of the molecule is CCC(=O)c1cnc(N2CCC(c3nc4c(c(C5CCC(F)(F)CC5)c3C(F)c3ccc(C(F)(F)F)cc3)C(OCc3ccc(OC)cc3)CC(C)(C)C4)CC2)nc1.COc1ccc(COC2CC(C)(C)Cc3nc(C4CCN(c5ncc(C(=O)O)cn5)CC4)c(C(F)c4ccc(C(F)(F)F)cc4)c(C4CCC(F)(F)CC4)c32)cc1. The molecule has 2 saturated carbocycles. The average Bonchev–Trinajstić information content (AvgIpc) is 0.732. The Morgan fingerprint density at radius 2 is 0.826 bits per heavy atom. The van der Waals surface area contributed by atoms with Gasteiger partial charge in [-0.2, -0.15) is 26.3 Å². The molecule has 6 aliphatic rings. The van der Waals surface area contributed by atoms with E-state index in [1.807, 2.05) is 58.3 Å². The fourth-order valence-corrected chi connectivity index (χ4v) is 17.6. The zero-order valence-electron chi connectivity index (χ0n) is 65.4. The van der Waals surface area contributed by atoms with Crippen LogP contribution in [-0.2, 0) is 47.9 Å². The Bertz CT molecular complexity index is 4690. The molecule has 0 spiro atoms. The van der Waals surface area contributed by atoms with Crippen molar-refractivity contribution in [1.29, 1.82) is 0 Å². The lowest BCUT2D eigenvalue weighted by molar-refractivity contribution is -0.138. The van der Waals surface area contributed by atoms with Gasteiger partial charge in [0.05, 0.1) is 73.3 Å². The van der Waals surface area contributed by atoms with Crippen LogP contribution in [0, 0.1) is 10.8 Å². The first-order valence-electron chi connectivity index (χ1n) is 39.5. The van der Waals surface area contributed by atoms with E-state index in [-0.39, 0.29) is 121 Å². The quantitative estimate of drug-likeness (QED) is 0.0531. The third-order valence-corrected chi connectivity index (χ3v) is 23.8. The number of carbonyl (C=O) groups is 2. The highest BCUT2D eigenvalue weighted by Gasteiger charge is 2.48. The van der Waals surface area contributed by atoms with E-state index in [0.717, 1.165) is 64.5 Å². The van der Waals surface area contributed by atoms with Crippen molar-refractivity contribution in [2.75, 3.05) is 50.2 Å².